The van der Waals surface area contributed by atoms with E-state index in [0.29, 0.717) is 17.2 Å². The number of likely N-dealkylation sites (tertiary alicyclic amines) is 1. The minimum atomic E-state index is -0.653. The number of nitrogens with zero attached hydrogens (tertiary/aromatic N) is 2. The highest BCUT2D eigenvalue weighted by Gasteiger charge is 2.23. The quantitative estimate of drug-likeness (QED) is 0.905. The highest BCUT2D eigenvalue weighted by molar-refractivity contribution is 5.55. The van der Waals surface area contributed by atoms with E-state index in [2.05, 4.69) is 11.9 Å². The van der Waals surface area contributed by atoms with E-state index in [1.807, 2.05) is 11.9 Å². The molecule has 1 aliphatic rings. The number of aliphatic hydroxyl groups is 1. The second-order valence-corrected chi connectivity index (χ2v) is 5.65. The molecule has 0 aliphatic carbocycles. The summed E-state index contributed by atoms with van der Waals surface area (Å²) in [4.78, 5) is 4.25. The summed E-state index contributed by atoms with van der Waals surface area (Å²) in [5.41, 5.74) is 1.20. The number of hydrogen-bond acceptors (Lipinski definition) is 3. The molecule has 1 fully saturated rings. The van der Waals surface area contributed by atoms with E-state index >= 15 is 0 Å². The van der Waals surface area contributed by atoms with Crippen molar-refractivity contribution in [1.82, 2.24) is 4.90 Å². The van der Waals surface area contributed by atoms with E-state index in [0.717, 1.165) is 26.1 Å². The molecule has 1 aromatic carbocycles. The predicted molar refractivity (Wildman–Crippen MR) is 75.9 cm³/mol. The molecule has 4 heteroatoms. The Balaban J connectivity index is 2.16. The maximum Gasteiger partial charge on any atom is 0.146 e. The van der Waals surface area contributed by atoms with E-state index in [1.165, 1.54) is 6.07 Å². The van der Waals surface area contributed by atoms with Crippen molar-refractivity contribution in [1.29, 1.82) is 0 Å². The molecule has 0 radical (unpaired) electrons. The van der Waals surface area contributed by atoms with Crippen LogP contribution in [0, 0.1) is 11.7 Å². The van der Waals surface area contributed by atoms with Gasteiger partial charge < -0.3 is 14.9 Å². The normalized spacial score (nSPS) is 21.6. The Bertz CT molecular complexity index is 436. The van der Waals surface area contributed by atoms with E-state index < -0.39 is 6.10 Å². The van der Waals surface area contributed by atoms with Crippen molar-refractivity contribution < 1.29 is 9.50 Å². The molecule has 2 atom stereocenters. The van der Waals surface area contributed by atoms with Gasteiger partial charge in [0.05, 0.1) is 11.8 Å². The molecule has 0 spiro atoms. The molecule has 1 heterocycles. The molecule has 0 bridgehead atoms. The van der Waals surface area contributed by atoms with Gasteiger partial charge in [0, 0.05) is 25.7 Å². The van der Waals surface area contributed by atoms with E-state index in [9.17, 15) is 9.50 Å². The third-order valence-electron chi connectivity index (χ3n) is 3.87. The van der Waals surface area contributed by atoms with Crippen LogP contribution in [-0.4, -0.2) is 43.7 Å². The lowest BCUT2D eigenvalue weighted by molar-refractivity contribution is 0.199. The van der Waals surface area contributed by atoms with Crippen LogP contribution in [0.5, 0.6) is 0 Å². The fraction of sp³-hybridized carbons (Fsp3) is 0.600. The average molecular weight is 266 g/mol. The standard InChI is InChI=1S/C15H23FN2O/c1-11(19)13-5-4-6-14(16)15(13)18(3)10-12-7-8-17(2)9-12/h4-6,11-12,19H,7-10H2,1-3H3. The van der Waals surface area contributed by atoms with Crippen LogP contribution in [0.2, 0.25) is 0 Å². The van der Waals surface area contributed by atoms with E-state index in [1.54, 1.807) is 19.1 Å². The van der Waals surface area contributed by atoms with Crippen molar-refractivity contribution in [2.24, 2.45) is 5.92 Å². The predicted octanol–water partition coefficient (Wildman–Crippen LogP) is 2.27. The SMILES string of the molecule is CC(O)c1cccc(F)c1N(C)CC1CCN(C)C1. The van der Waals surface area contributed by atoms with Crippen LogP contribution >= 0.6 is 0 Å². The van der Waals surface area contributed by atoms with Crippen LogP contribution in [-0.2, 0) is 0 Å². The lowest BCUT2D eigenvalue weighted by Crippen LogP contribution is -2.29. The third-order valence-corrected chi connectivity index (χ3v) is 3.87. The van der Waals surface area contributed by atoms with Gasteiger partial charge in [-0.05, 0) is 38.9 Å². The average Bonchev–Trinajstić information content (AvgIpc) is 2.74. The van der Waals surface area contributed by atoms with Gasteiger partial charge >= 0.3 is 0 Å². The molecule has 0 aromatic heterocycles. The molecule has 2 unspecified atom stereocenters. The zero-order chi connectivity index (χ0) is 14.0. The zero-order valence-electron chi connectivity index (χ0n) is 11.9. The van der Waals surface area contributed by atoms with E-state index in [4.69, 9.17) is 0 Å². The summed E-state index contributed by atoms with van der Waals surface area (Å²) in [6.07, 6.45) is 0.499. The second kappa shape index (κ2) is 5.88. The molecule has 1 aromatic rings. The topological polar surface area (TPSA) is 26.7 Å². The molecule has 0 amide bonds. The Labute approximate surface area is 114 Å². The minimum Gasteiger partial charge on any atom is -0.389 e. The van der Waals surface area contributed by atoms with Crippen LogP contribution in [0.4, 0.5) is 10.1 Å². The Hall–Kier alpha value is -1.13. The Morgan fingerprint density at radius 2 is 2.26 bits per heavy atom. The van der Waals surface area contributed by atoms with Gasteiger partial charge in [-0.3, -0.25) is 0 Å². The van der Waals surface area contributed by atoms with Gasteiger partial charge in [-0.15, -0.1) is 0 Å². The number of hydrogen-bond donors (Lipinski definition) is 1. The van der Waals surface area contributed by atoms with Crippen LogP contribution in [0.1, 0.15) is 25.0 Å². The van der Waals surface area contributed by atoms with Crippen molar-refractivity contribution in [3.63, 3.8) is 0 Å². The van der Waals surface area contributed by atoms with Crippen molar-refractivity contribution in [3.8, 4) is 0 Å². The molecule has 1 N–H and O–H groups in total. The summed E-state index contributed by atoms with van der Waals surface area (Å²) in [5.74, 6) is 0.309. The molecule has 0 saturated carbocycles. The van der Waals surface area contributed by atoms with Crippen molar-refractivity contribution in [2.75, 3.05) is 38.6 Å². The molecule has 19 heavy (non-hydrogen) atoms. The first-order chi connectivity index (χ1) is 8.99. The van der Waals surface area contributed by atoms with Gasteiger partial charge in [0.15, 0.2) is 0 Å². The van der Waals surface area contributed by atoms with Crippen LogP contribution in [0.15, 0.2) is 18.2 Å². The molecule has 3 nitrogen and oxygen atoms in total. The van der Waals surface area contributed by atoms with Gasteiger partial charge in [0.1, 0.15) is 5.82 Å². The maximum absolute atomic E-state index is 14.0. The van der Waals surface area contributed by atoms with Gasteiger partial charge in [-0.1, -0.05) is 12.1 Å². The van der Waals surface area contributed by atoms with Gasteiger partial charge in [0.25, 0.3) is 0 Å². The number of rotatable bonds is 4. The Morgan fingerprint density at radius 3 is 2.84 bits per heavy atom. The molecule has 106 valence electrons. The molecule has 2 rings (SSSR count). The lowest BCUT2D eigenvalue weighted by Gasteiger charge is -2.26. The number of para-hydroxylation sites is 1. The highest BCUT2D eigenvalue weighted by atomic mass is 19.1. The molecular weight excluding hydrogens is 243 g/mol. The lowest BCUT2D eigenvalue weighted by atomic mass is 10.0. The minimum absolute atomic E-state index is 0.257. The fourth-order valence-electron chi connectivity index (χ4n) is 2.93. The van der Waals surface area contributed by atoms with Crippen molar-refractivity contribution >= 4 is 5.69 Å². The summed E-state index contributed by atoms with van der Waals surface area (Å²) < 4.78 is 14.0. The molecular formula is C15H23FN2O. The third kappa shape index (κ3) is 3.25. The summed E-state index contributed by atoms with van der Waals surface area (Å²) >= 11 is 0. The van der Waals surface area contributed by atoms with Gasteiger partial charge in [-0.2, -0.15) is 0 Å². The Morgan fingerprint density at radius 1 is 1.53 bits per heavy atom. The van der Waals surface area contributed by atoms with Gasteiger partial charge in [0.2, 0.25) is 0 Å². The summed E-state index contributed by atoms with van der Waals surface area (Å²) in [7, 11) is 4.02. The molecule has 1 aliphatic heterocycles. The van der Waals surface area contributed by atoms with E-state index in [-0.39, 0.29) is 5.82 Å². The zero-order valence-corrected chi connectivity index (χ0v) is 11.9. The largest absolute Gasteiger partial charge is 0.389 e. The number of aliphatic hydroxyl groups excluding tert-OH is 1. The van der Waals surface area contributed by atoms with Crippen LogP contribution < -0.4 is 4.90 Å². The monoisotopic (exact) mass is 266 g/mol. The second-order valence-electron chi connectivity index (χ2n) is 5.65. The maximum atomic E-state index is 14.0. The first-order valence-corrected chi connectivity index (χ1v) is 6.85. The van der Waals surface area contributed by atoms with Crippen LogP contribution in [0.3, 0.4) is 0 Å². The number of halogens is 1. The van der Waals surface area contributed by atoms with Crippen LogP contribution in [0.25, 0.3) is 0 Å². The van der Waals surface area contributed by atoms with Crippen molar-refractivity contribution in [3.05, 3.63) is 29.6 Å². The molecule has 1 saturated heterocycles. The smallest absolute Gasteiger partial charge is 0.146 e. The highest BCUT2D eigenvalue weighted by Crippen LogP contribution is 2.30. The van der Waals surface area contributed by atoms with Gasteiger partial charge in [-0.25, -0.2) is 4.39 Å². The summed E-state index contributed by atoms with van der Waals surface area (Å²) in [6.45, 7) is 4.67. The number of benzene rings is 1. The van der Waals surface area contributed by atoms with Crippen molar-refractivity contribution in [2.45, 2.75) is 19.4 Å². The first kappa shape index (κ1) is 14.3. The summed E-state index contributed by atoms with van der Waals surface area (Å²) in [6, 6.07) is 4.90. The fourth-order valence-corrected chi connectivity index (χ4v) is 2.93. The first-order valence-electron chi connectivity index (χ1n) is 6.85. The number of anilines is 1. The summed E-state index contributed by atoms with van der Waals surface area (Å²) in [5, 5.41) is 9.78. The Kier molecular flexibility index (Phi) is 4.42.